The van der Waals surface area contributed by atoms with E-state index in [1.807, 2.05) is 55.4 Å². The van der Waals surface area contributed by atoms with Gasteiger partial charge in [0.15, 0.2) is 0 Å². The van der Waals surface area contributed by atoms with Gasteiger partial charge in [-0.05, 0) is 44.4 Å². The summed E-state index contributed by atoms with van der Waals surface area (Å²) >= 11 is 0. The van der Waals surface area contributed by atoms with Gasteiger partial charge < -0.3 is 14.2 Å². The van der Waals surface area contributed by atoms with E-state index >= 15 is 0 Å². The summed E-state index contributed by atoms with van der Waals surface area (Å²) in [4.78, 5) is 10.4. The SMILES string of the molecule is CN(C)Cc1nc(-c2ccc(OCc3cccnc3)cc2)no1. The van der Waals surface area contributed by atoms with E-state index in [1.165, 1.54) is 0 Å². The fourth-order valence-corrected chi connectivity index (χ4v) is 2.06. The van der Waals surface area contributed by atoms with Crippen molar-refractivity contribution >= 4 is 0 Å². The highest BCUT2D eigenvalue weighted by molar-refractivity contribution is 5.55. The van der Waals surface area contributed by atoms with E-state index in [2.05, 4.69) is 15.1 Å². The Kier molecular flexibility index (Phi) is 4.63. The molecule has 1 aromatic carbocycles. The monoisotopic (exact) mass is 310 g/mol. The number of rotatable bonds is 6. The van der Waals surface area contributed by atoms with Crippen LogP contribution in [0.25, 0.3) is 11.4 Å². The van der Waals surface area contributed by atoms with E-state index < -0.39 is 0 Å². The minimum absolute atomic E-state index is 0.488. The summed E-state index contributed by atoms with van der Waals surface area (Å²) in [5.41, 5.74) is 1.93. The average molecular weight is 310 g/mol. The van der Waals surface area contributed by atoms with Crippen LogP contribution < -0.4 is 4.74 Å². The number of pyridine rings is 1. The van der Waals surface area contributed by atoms with Gasteiger partial charge in [0.1, 0.15) is 12.4 Å². The zero-order valence-electron chi connectivity index (χ0n) is 13.1. The van der Waals surface area contributed by atoms with Crippen molar-refractivity contribution in [1.29, 1.82) is 0 Å². The van der Waals surface area contributed by atoms with Crippen molar-refractivity contribution in [3.63, 3.8) is 0 Å². The summed E-state index contributed by atoms with van der Waals surface area (Å²) in [6.07, 6.45) is 3.54. The van der Waals surface area contributed by atoms with Gasteiger partial charge in [-0.1, -0.05) is 11.2 Å². The molecule has 0 atom stereocenters. The molecule has 0 bridgehead atoms. The summed E-state index contributed by atoms with van der Waals surface area (Å²) in [5.74, 6) is 1.97. The third-order valence-electron chi connectivity index (χ3n) is 3.16. The third-order valence-corrected chi connectivity index (χ3v) is 3.16. The predicted octanol–water partition coefficient (Wildman–Crippen LogP) is 2.77. The lowest BCUT2D eigenvalue weighted by molar-refractivity contribution is 0.303. The Morgan fingerprint density at radius 2 is 1.96 bits per heavy atom. The van der Waals surface area contributed by atoms with Gasteiger partial charge in [-0.2, -0.15) is 4.98 Å². The maximum absolute atomic E-state index is 5.73. The molecule has 0 spiro atoms. The Hall–Kier alpha value is -2.73. The summed E-state index contributed by atoms with van der Waals surface area (Å²) in [5, 5.41) is 4.00. The largest absolute Gasteiger partial charge is 0.489 e. The smallest absolute Gasteiger partial charge is 0.241 e. The Labute approximate surface area is 134 Å². The Bertz CT molecular complexity index is 739. The van der Waals surface area contributed by atoms with Gasteiger partial charge in [0, 0.05) is 23.5 Å². The van der Waals surface area contributed by atoms with Crippen LogP contribution >= 0.6 is 0 Å². The van der Waals surface area contributed by atoms with Crippen molar-refractivity contribution in [2.75, 3.05) is 14.1 Å². The second kappa shape index (κ2) is 7.02. The van der Waals surface area contributed by atoms with Gasteiger partial charge in [-0.15, -0.1) is 0 Å². The second-order valence-electron chi connectivity index (χ2n) is 5.42. The van der Waals surface area contributed by atoms with E-state index in [0.29, 0.717) is 24.9 Å². The quantitative estimate of drug-likeness (QED) is 0.697. The van der Waals surface area contributed by atoms with Crippen LogP contribution in [-0.4, -0.2) is 34.1 Å². The Morgan fingerprint density at radius 3 is 2.65 bits per heavy atom. The van der Waals surface area contributed by atoms with Crippen LogP contribution in [-0.2, 0) is 13.2 Å². The molecule has 0 saturated carbocycles. The van der Waals surface area contributed by atoms with Crippen LogP contribution in [0.5, 0.6) is 5.75 Å². The third kappa shape index (κ3) is 4.14. The molecule has 0 amide bonds. The maximum Gasteiger partial charge on any atom is 0.241 e. The van der Waals surface area contributed by atoms with Crippen molar-refractivity contribution in [2.24, 2.45) is 0 Å². The predicted molar refractivity (Wildman–Crippen MR) is 85.7 cm³/mol. The van der Waals surface area contributed by atoms with Gasteiger partial charge in [-0.3, -0.25) is 4.98 Å². The fourth-order valence-electron chi connectivity index (χ4n) is 2.06. The Balaban J connectivity index is 1.63. The maximum atomic E-state index is 5.73. The molecule has 3 aromatic rings. The number of ether oxygens (including phenoxy) is 1. The van der Waals surface area contributed by atoms with Gasteiger partial charge in [0.05, 0.1) is 6.54 Å². The first-order chi connectivity index (χ1) is 11.2. The molecular formula is C17H18N4O2. The summed E-state index contributed by atoms with van der Waals surface area (Å²) in [6.45, 7) is 1.11. The molecule has 2 heterocycles. The van der Waals surface area contributed by atoms with Crippen LogP contribution in [0.4, 0.5) is 0 Å². The van der Waals surface area contributed by atoms with Crippen molar-refractivity contribution in [2.45, 2.75) is 13.2 Å². The van der Waals surface area contributed by atoms with E-state index in [1.54, 1.807) is 12.4 Å². The zero-order valence-corrected chi connectivity index (χ0v) is 13.1. The summed E-state index contributed by atoms with van der Waals surface area (Å²) < 4.78 is 11.0. The van der Waals surface area contributed by atoms with E-state index in [4.69, 9.17) is 9.26 Å². The normalized spacial score (nSPS) is 10.9. The number of nitrogens with zero attached hydrogens (tertiary/aromatic N) is 4. The highest BCUT2D eigenvalue weighted by Gasteiger charge is 2.09. The molecule has 6 heteroatoms. The lowest BCUT2D eigenvalue weighted by atomic mass is 10.2. The molecule has 0 unspecified atom stereocenters. The molecule has 0 radical (unpaired) electrons. The number of benzene rings is 1. The molecule has 3 rings (SSSR count). The molecular weight excluding hydrogens is 292 g/mol. The standard InChI is InChI=1S/C17H18N4O2/c1-21(2)11-16-19-17(20-23-16)14-5-7-15(8-6-14)22-12-13-4-3-9-18-10-13/h3-10H,11-12H2,1-2H3. The summed E-state index contributed by atoms with van der Waals surface area (Å²) in [6, 6.07) is 11.5. The van der Waals surface area contributed by atoms with Crippen molar-refractivity contribution in [1.82, 2.24) is 20.0 Å². The van der Waals surface area contributed by atoms with Gasteiger partial charge in [0.25, 0.3) is 0 Å². The number of aromatic nitrogens is 3. The topological polar surface area (TPSA) is 64.3 Å². The molecule has 0 N–H and O–H groups in total. The van der Waals surface area contributed by atoms with E-state index in [-0.39, 0.29) is 0 Å². The molecule has 2 aromatic heterocycles. The summed E-state index contributed by atoms with van der Waals surface area (Å²) in [7, 11) is 3.91. The van der Waals surface area contributed by atoms with Crippen molar-refractivity contribution < 1.29 is 9.26 Å². The van der Waals surface area contributed by atoms with E-state index in [9.17, 15) is 0 Å². The minimum atomic E-state index is 0.488. The first-order valence-electron chi connectivity index (χ1n) is 7.30. The molecule has 0 aliphatic heterocycles. The molecule has 6 nitrogen and oxygen atoms in total. The van der Waals surface area contributed by atoms with Crippen LogP contribution in [0.15, 0.2) is 53.3 Å². The van der Waals surface area contributed by atoms with Crippen molar-refractivity contribution in [3.05, 3.63) is 60.2 Å². The minimum Gasteiger partial charge on any atom is -0.489 e. The van der Waals surface area contributed by atoms with Crippen LogP contribution in [0.3, 0.4) is 0 Å². The fraction of sp³-hybridized carbons (Fsp3) is 0.235. The lowest BCUT2D eigenvalue weighted by Gasteiger charge is -2.06. The Morgan fingerprint density at radius 1 is 1.13 bits per heavy atom. The van der Waals surface area contributed by atoms with Crippen LogP contribution in [0.2, 0.25) is 0 Å². The van der Waals surface area contributed by atoms with Crippen molar-refractivity contribution in [3.8, 4) is 17.1 Å². The van der Waals surface area contributed by atoms with Gasteiger partial charge >= 0.3 is 0 Å². The van der Waals surface area contributed by atoms with E-state index in [0.717, 1.165) is 16.9 Å². The molecule has 23 heavy (non-hydrogen) atoms. The zero-order chi connectivity index (χ0) is 16.1. The van der Waals surface area contributed by atoms with Crippen LogP contribution in [0.1, 0.15) is 11.5 Å². The van der Waals surface area contributed by atoms with Crippen LogP contribution in [0, 0.1) is 0 Å². The first kappa shape index (κ1) is 15.2. The number of hydrogen-bond acceptors (Lipinski definition) is 6. The molecule has 118 valence electrons. The second-order valence-corrected chi connectivity index (χ2v) is 5.42. The highest BCUT2D eigenvalue weighted by Crippen LogP contribution is 2.20. The van der Waals surface area contributed by atoms with Gasteiger partial charge in [-0.25, -0.2) is 0 Å². The molecule has 0 fully saturated rings. The molecule has 0 aliphatic carbocycles. The van der Waals surface area contributed by atoms with Gasteiger partial charge in [0.2, 0.25) is 11.7 Å². The average Bonchev–Trinajstić information content (AvgIpc) is 3.02. The lowest BCUT2D eigenvalue weighted by Crippen LogP contribution is -2.10. The highest BCUT2D eigenvalue weighted by atomic mass is 16.5. The molecule has 0 saturated heterocycles. The number of hydrogen-bond donors (Lipinski definition) is 0. The first-order valence-corrected chi connectivity index (χ1v) is 7.30. The molecule has 0 aliphatic rings.